The molecule has 0 radical (unpaired) electrons. The lowest BCUT2D eigenvalue weighted by molar-refractivity contribution is 0.353. The van der Waals surface area contributed by atoms with Crippen molar-refractivity contribution in [2.45, 2.75) is 0 Å². The zero-order valence-electron chi connectivity index (χ0n) is 10.7. The molecule has 0 atom stereocenters. The Balaban J connectivity index is 2.19. The normalized spacial score (nSPS) is 10.8. The molecule has 0 aromatic carbocycles. The van der Waals surface area contributed by atoms with Crippen LogP contribution in [0.2, 0.25) is 5.15 Å². The molecule has 0 aliphatic carbocycles. The molecule has 0 spiro atoms. The Morgan fingerprint density at radius 1 is 1.15 bits per heavy atom. The van der Waals surface area contributed by atoms with E-state index >= 15 is 0 Å². The smallest absolute Gasteiger partial charge is 0.319 e. The van der Waals surface area contributed by atoms with Gasteiger partial charge < -0.3 is 9.47 Å². The number of nitrogens with zero attached hydrogens (tertiary/aromatic N) is 5. The molecule has 3 aromatic heterocycles. The first-order valence-corrected chi connectivity index (χ1v) is 6.05. The number of hydrogen-bond acceptors (Lipinski definition) is 6. The number of methoxy groups -OCH3 is 2. The lowest BCUT2D eigenvalue weighted by Crippen LogP contribution is -2.00. The highest BCUT2D eigenvalue weighted by Crippen LogP contribution is 2.29. The molecule has 3 heterocycles. The summed E-state index contributed by atoms with van der Waals surface area (Å²) in [5, 5.41) is 0.486. The molecule has 8 heteroatoms. The third-order valence-corrected chi connectivity index (χ3v) is 3.00. The van der Waals surface area contributed by atoms with Gasteiger partial charge in [0.1, 0.15) is 5.15 Å². The first kappa shape index (κ1) is 12.6. The second-order valence-corrected chi connectivity index (χ2v) is 4.23. The van der Waals surface area contributed by atoms with Crippen LogP contribution >= 0.6 is 11.6 Å². The number of fused-ring (bicyclic) bond motifs is 1. The number of aromatic nitrogens is 5. The minimum absolute atomic E-state index is 0.221. The molecule has 102 valence electrons. The van der Waals surface area contributed by atoms with Crippen molar-refractivity contribution in [1.29, 1.82) is 0 Å². The van der Waals surface area contributed by atoms with E-state index in [0.29, 0.717) is 28.1 Å². The Morgan fingerprint density at radius 2 is 2.00 bits per heavy atom. The Hall–Kier alpha value is -2.41. The second-order valence-electron chi connectivity index (χ2n) is 3.84. The lowest BCUT2D eigenvalue weighted by atomic mass is 10.2. The predicted octanol–water partition coefficient (Wildman–Crippen LogP) is 1.86. The van der Waals surface area contributed by atoms with Crippen molar-refractivity contribution in [3.63, 3.8) is 0 Å². The summed E-state index contributed by atoms with van der Waals surface area (Å²) in [5.41, 5.74) is 1.19. The van der Waals surface area contributed by atoms with Crippen molar-refractivity contribution in [2.24, 2.45) is 0 Å². The fourth-order valence-corrected chi connectivity index (χ4v) is 2.02. The number of halogens is 1. The summed E-state index contributed by atoms with van der Waals surface area (Å²) in [6.07, 6.45) is 4.93. The Morgan fingerprint density at radius 3 is 2.75 bits per heavy atom. The molecule has 0 bridgehead atoms. The SMILES string of the molecule is COc1ncc(-c2cc(Cl)n3ccnc3n2)c(OC)n1. The van der Waals surface area contributed by atoms with E-state index in [1.165, 1.54) is 14.2 Å². The average molecular weight is 292 g/mol. The molecule has 0 saturated carbocycles. The van der Waals surface area contributed by atoms with Gasteiger partial charge in [0.2, 0.25) is 11.7 Å². The van der Waals surface area contributed by atoms with Crippen LogP contribution in [0.3, 0.4) is 0 Å². The standard InChI is InChI=1S/C12H10ClN5O2/c1-19-10-7(6-15-12(17-10)20-2)8-5-9(13)18-4-3-14-11(18)16-8/h3-6H,1-2H3. The second kappa shape index (κ2) is 4.93. The summed E-state index contributed by atoms with van der Waals surface area (Å²) in [5.74, 6) is 0.849. The van der Waals surface area contributed by atoms with Crippen molar-refractivity contribution in [3.8, 4) is 23.1 Å². The largest absolute Gasteiger partial charge is 0.480 e. The summed E-state index contributed by atoms with van der Waals surface area (Å²) in [4.78, 5) is 16.7. The van der Waals surface area contributed by atoms with Gasteiger partial charge in [0, 0.05) is 24.7 Å². The molecular weight excluding hydrogens is 282 g/mol. The van der Waals surface area contributed by atoms with E-state index in [1.54, 1.807) is 29.1 Å². The molecule has 20 heavy (non-hydrogen) atoms. The molecule has 0 saturated heterocycles. The van der Waals surface area contributed by atoms with Gasteiger partial charge in [-0.25, -0.2) is 15.0 Å². The van der Waals surface area contributed by atoms with Gasteiger partial charge in [0.15, 0.2) is 0 Å². The maximum absolute atomic E-state index is 6.18. The van der Waals surface area contributed by atoms with Crippen LogP contribution in [0.4, 0.5) is 0 Å². The van der Waals surface area contributed by atoms with Gasteiger partial charge in [0.05, 0.1) is 25.5 Å². The van der Waals surface area contributed by atoms with Gasteiger partial charge in [-0.15, -0.1) is 0 Å². The monoisotopic (exact) mass is 291 g/mol. The molecule has 3 rings (SSSR count). The molecule has 3 aromatic rings. The fourth-order valence-electron chi connectivity index (χ4n) is 1.79. The highest BCUT2D eigenvalue weighted by Gasteiger charge is 2.14. The van der Waals surface area contributed by atoms with Gasteiger partial charge in [-0.2, -0.15) is 4.98 Å². The van der Waals surface area contributed by atoms with E-state index < -0.39 is 0 Å². The van der Waals surface area contributed by atoms with E-state index in [4.69, 9.17) is 21.1 Å². The van der Waals surface area contributed by atoms with E-state index in [0.717, 1.165) is 0 Å². The first-order chi connectivity index (χ1) is 9.72. The summed E-state index contributed by atoms with van der Waals surface area (Å²) < 4.78 is 11.9. The van der Waals surface area contributed by atoms with Gasteiger partial charge in [-0.3, -0.25) is 4.40 Å². The van der Waals surface area contributed by atoms with Crippen LogP contribution in [0.25, 0.3) is 17.0 Å². The van der Waals surface area contributed by atoms with Crippen LogP contribution < -0.4 is 9.47 Å². The van der Waals surface area contributed by atoms with Crippen LogP contribution in [0.1, 0.15) is 0 Å². The maximum Gasteiger partial charge on any atom is 0.319 e. The number of rotatable bonds is 3. The van der Waals surface area contributed by atoms with E-state index in [9.17, 15) is 0 Å². The Bertz CT molecular complexity index is 774. The van der Waals surface area contributed by atoms with Crippen LogP contribution in [-0.4, -0.2) is 38.6 Å². The molecule has 0 aliphatic heterocycles. The van der Waals surface area contributed by atoms with Gasteiger partial charge in [0.25, 0.3) is 0 Å². The first-order valence-electron chi connectivity index (χ1n) is 5.68. The third-order valence-electron chi connectivity index (χ3n) is 2.71. The molecule has 0 aliphatic rings. The van der Waals surface area contributed by atoms with E-state index in [1.807, 2.05) is 0 Å². The average Bonchev–Trinajstić information content (AvgIpc) is 2.95. The van der Waals surface area contributed by atoms with Gasteiger partial charge in [-0.05, 0) is 0 Å². The minimum atomic E-state index is 0.221. The van der Waals surface area contributed by atoms with Crippen LogP contribution in [0.5, 0.6) is 11.9 Å². The number of hydrogen-bond donors (Lipinski definition) is 0. The number of ether oxygens (including phenoxy) is 2. The Kier molecular flexibility index (Phi) is 3.11. The fraction of sp³-hybridized carbons (Fsp3) is 0.167. The van der Waals surface area contributed by atoms with Crippen molar-refractivity contribution >= 4 is 17.4 Å². The zero-order valence-corrected chi connectivity index (χ0v) is 11.5. The van der Waals surface area contributed by atoms with Crippen LogP contribution in [-0.2, 0) is 0 Å². The number of imidazole rings is 1. The minimum Gasteiger partial charge on any atom is -0.480 e. The summed E-state index contributed by atoms with van der Waals surface area (Å²) in [6, 6.07) is 1.92. The molecule has 0 unspecified atom stereocenters. The van der Waals surface area contributed by atoms with Crippen molar-refractivity contribution < 1.29 is 9.47 Å². The molecule has 7 nitrogen and oxygen atoms in total. The summed E-state index contributed by atoms with van der Waals surface area (Å²) in [6.45, 7) is 0. The predicted molar refractivity (Wildman–Crippen MR) is 72.1 cm³/mol. The van der Waals surface area contributed by atoms with E-state index in [-0.39, 0.29) is 6.01 Å². The third kappa shape index (κ3) is 2.01. The van der Waals surface area contributed by atoms with Gasteiger partial charge >= 0.3 is 6.01 Å². The van der Waals surface area contributed by atoms with Crippen molar-refractivity contribution in [1.82, 2.24) is 24.3 Å². The maximum atomic E-state index is 6.18. The topological polar surface area (TPSA) is 74.4 Å². The Labute approximate surface area is 119 Å². The zero-order chi connectivity index (χ0) is 14.1. The van der Waals surface area contributed by atoms with Crippen molar-refractivity contribution in [3.05, 3.63) is 29.8 Å². The summed E-state index contributed by atoms with van der Waals surface area (Å²) in [7, 11) is 3.00. The molecule has 0 fully saturated rings. The summed E-state index contributed by atoms with van der Waals surface area (Å²) >= 11 is 6.18. The van der Waals surface area contributed by atoms with Crippen molar-refractivity contribution in [2.75, 3.05) is 14.2 Å². The lowest BCUT2D eigenvalue weighted by Gasteiger charge is -2.08. The molecular formula is C12H10ClN5O2. The van der Waals surface area contributed by atoms with E-state index in [2.05, 4.69) is 19.9 Å². The molecule has 0 amide bonds. The quantitative estimate of drug-likeness (QED) is 0.686. The van der Waals surface area contributed by atoms with Crippen LogP contribution in [0, 0.1) is 0 Å². The molecule has 0 N–H and O–H groups in total. The van der Waals surface area contributed by atoms with Crippen LogP contribution in [0.15, 0.2) is 24.7 Å². The van der Waals surface area contributed by atoms with Gasteiger partial charge in [-0.1, -0.05) is 11.6 Å². The highest BCUT2D eigenvalue weighted by atomic mass is 35.5. The highest BCUT2D eigenvalue weighted by molar-refractivity contribution is 6.30.